The van der Waals surface area contributed by atoms with E-state index < -0.39 is 0 Å². The van der Waals surface area contributed by atoms with Gasteiger partial charge in [-0.05, 0) is 0 Å². The second kappa shape index (κ2) is 185000. The third-order valence-corrected chi connectivity index (χ3v) is 0. The monoisotopic (exact) mass is 710 g/mol. The van der Waals surface area contributed by atoms with E-state index in [9.17, 15) is 0 Å². The smallest absolute Gasteiger partial charge is 0 e. The van der Waals surface area contributed by atoms with E-state index in [-0.39, 0.29) is 239 Å². The topological polar surface area (TPSA) is 105 Å². The van der Waals surface area contributed by atoms with Crippen molar-refractivity contribution >= 4 is 0 Å². The molecule has 0 saturated carbocycles. The van der Waals surface area contributed by atoms with Gasteiger partial charge in [0.25, 0.3) is 0 Å². The molecule has 0 spiro atoms. The molecule has 0 rings (SSSR count). The Hall–Kier alpha value is 0.542. The molecule has 0 aromatic carbocycles. The van der Waals surface area contributed by atoms with Gasteiger partial charge < -0.3 is 18.5 Å². The summed E-state index contributed by atoms with van der Waals surface area (Å²) in [6, 6.07) is 0. The number of rotatable bonds is 0. The minimum absolute atomic E-state index is 0. The maximum absolute atomic E-state index is 2.00. The molecule has 4 heteroatoms. The Morgan fingerprint density at radius 2 is 0.128 bits per heavy atom. The quantitative estimate of drug-likeness (QED) is 0.218. The van der Waals surface area contributed by atoms with E-state index >= 15 is 0 Å². The van der Waals surface area contributed by atoms with Crippen LogP contribution >= 0.6 is 0 Å². The summed E-state index contributed by atoms with van der Waals surface area (Å²) in [6.45, 7) is 16.0. The van der Waals surface area contributed by atoms with Crippen molar-refractivity contribution < 1.29 is 20.4 Å². The van der Waals surface area contributed by atoms with Gasteiger partial charge in [0, 0.05) is 20.4 Å². The van der Waals surface area contributed by atoms with Crippen molar-refractivity contribution in [1.82, 2.24) is 18.5 Å². The van der Waals surface area contributed by atoms with Crippen LogP contribution < -0.4 is 18.5 Å². The van der Waals surface area contributed by atoms with Gasteiger partial charge in [-0.15, -0.1) is 0 Å². The maximum atomic E-state index is 2.00. The van der Waals surface area contributed by atoms with Crippen molar-refractivity contribution in [3.8, 4) is 0 Å². The van der Waals surface area contributed by atoms with E-state index in [1.54, 1.807) is 0 Å². The number of hydrogen-bond donors (Lipinski definition) is 3. The Bertz CT molecular complexity index is 21.9. The molecule has 0 aromatic rings. The fraction of sp³-hybridized carbons (Fsp3) is 1.00. The van der Waals surface area contributed by atoms with Gasteiger partial charge >= 0.3 is 0 Å². The summed E-state index contributed by atoms with van der Waals surface area (Å²) in [4.78, 5) is 0. The Balaban J connectivity index is -0.000000000131. The van der Waals surface area contributed by atoms with Gasteiger partial charge in [0.1, 0.15) is 0 Å². The number of hydrogen-bond acceptors (Lipinski definition) is 3. The zero-order valence-electron chi connectivity index (χ0n) is 10.4. The molecule has 0 fully saturated rings. The average molecular weight is 711 g/mol. The van der Waals surface area contributed by atoms with Gasteiger partial charge in [-0.25, -0.2) is 0 Å². The third-order valence-electron chi connectivity index (χ3n) is 0. The van der Waals surface area contributed by atoms with Gasteiger partial charge in [0.15, 0.2) is 0 Å². The molecule has 0 heterocycles. The summed E-state index contributed by atoms with van der Waals surface area (Å²) in [6.07, 6.45) is 0. The Morgan fingerprint density at radius 3 is 0.128 bits per heavy atom. The van der Waals surface area contributed by atoms with Crippen LogP contribution in [-0.2, 0) is 20.4 Å². The fourth-order valence-corrected chi connectivity index (χ4v) is 0. The molecular formula is C35H141N3Pd. The first-order valence-electron chi connectivity index (χ1n) is 4.00. The van der Waals surface area contributed by atoms with Crippen LogP contribution in [0.4, 0.5) is 0 Å². The molecule has 0 aromatic heterocycles. The van der Waals surface area contributed by atoms with Gasteiger partial charge in [-0.3, -0.25) is 0 Å². The molecule has 0 saturated heterocycles. The molecule has 0 amide bonds. The van der Waals surface area contributed by atoms with Gasteiger partial charge in [0.2, 0.25) is 0 Å². The van der Waals surface area contributed by atoms with Crippen LogP contribution in [0.2, 0.25) is 0 Å². The summed E-state index contributed by atoms with van der Waals surface area (Å²) in [5, 5.41) is 0. The maximum Gasteiger partial charge on any atom is 0 e. The second-order valence-corrected chi connectivity index (χ2v) is 0. The van der Waals surface area contributed by atoms with Gasteiger partial charge in [0.05, 0.1) is 0 Å². The summed E-state index contributed by atoms with van der Waals surface area (Å²) in [5.41, 5.74) is 0. The fourth-order valence-electron chi connectivity index (χ4n) is 0. The van der Waals surface area contributed by atoms with E-state index in [0.717, 1.165) is 0 Å². The zero-order chi connectivity index (χ0) is 8.00. The van der Waals surface area contributed by atoms with E-state index in [1.165, 1.54) is 0 Å². The van der Waals surface area contributed by atoms with Crippen molar-refractivity contribution in [2.75, 3.05) is 0 Å². The molecule has 0 unspecified atom stereocenters. The standard InChI is InChI=1S/4C2H6.27CH4.3H3N.Pd/c4*1-2;;;;;;;;;;;;;;;;;;;;;;;;;;;;;;;/h4*1-2H3;27*1H4;3*1H3;. The molecule has 0 aliphatic carbocycles. The van der Waals surface area contributed by atoms with E-state index in [1.807, 2.05) is 55.4 Å². The zero-order valence-corrected chi connectivity index (χ0v) is 12.0. The molecule has 0 bridgehead atoms. The Labute approximate surface area is 294 Å². The Morgan fingerprint density at radius 1 is 0.128 bits per heavy atom. The molecule has 0 radical (unpaired) electrons. The van der Waals surface area contributed by atoms with Gasteiger partial charge in [-0.2, -0.15) is 0 Å². The summed E-state index contributed by atoms with van der Waals surface area (Å²) in [5.74, 6) is 0. The molecule has 306 valence electrons. The van der Waals surface area contributed by atoms with Crippen LogP contribution in [-0.4, -0.2) is 0 Å². The average Bonchev–Trinajstić information content (AvgIpc) is 2.03. The van der Waals surface area contributed by atoms with E-state index in [4.69, 9.17) is 0 Å². The van der Waals surface area contributed by atoms with Crippen molar-refractivity contribution in [3.05, 3.63) is 0 Å². The molecule has 0 aliphatic rings. The second-order valence-electron chi connectivity index (χ2n) is 0. The largest absolute Gasteiger partial charge is 0.344 e. The SMILES string of the molecule is C.C.C.C.C.C.C.C.C.C.C.C.C.C.C.C.C.C.C.C.C.C.C.C.C.C.C.CC.CC.CC.CC.N.N.N.[Pd]. The van der Waals surface area contributed by atoms with Crippen LogP contribution in [0, 0.1) is 0 Å². The van der Waals surface area contributed by atoms with Crippen LogP contribution in [0.25, 0.3) is 0 Å². The van der Waals surface area contributed by atoms with Gasteiger partial charge in [-0.1, -0.05) is 256 Å². The van der Waals surface area contributed by atoms with Crippen LogP contribution in [0.15, 0.2) is 0 Å². The molecular weight excluding hydrogens is 569 g/mol. The van der Waals surface area contributed by atoms with Crippen LogP contribution in [0.5, 0.6) is 0 Å². The van der Waals surface area contributed by atoms with Crippen molar-refractivity contribution in [2.45, 2.75) is 256 Å². The Kier molecular flexibility index (Phi) is 13500000. The van der Waals surface area contributed by atoms with Crippen molar-refractivity contribution in [2.24, 2.45) is 0 Å². The first-order chi connectivity index (χ1) is 4.00. The molecule has 0 aliphatic heterocycles. The van der Waals surface area contributed by atoms with Crippen molar-refractivity contribution in [1.29, 1.82) is 0 Å². The molecule has 3 nitrogen and oxygen atoms in total. The van der Waals surface area contributed by atoms with E-state index in [2.05, 4.69) is 0 Å². The van der Waals surface area contributed by atoms with Crippen molar-refractivity contribution in [3.63, 3.8) is 0 Å². The first kappa shape index (κ1) is 2850. The van der Waals surface area contributed by atoms with Crippen LogP contribution in [0.3, 0.4) is 0 Å². The molecule has 39 heavy (non-hydrogen) atoms. The summed E-state index contributed by atoms with van der Waals surface area (Å²) in [7, 11) is 0. The first-order valence-corrected chi connectivity index (χ1v) is 4.00. The third kappa shape index (κ3) is 175000. The normalized spacial score (nSPS) is 0.615. The minimum Gasteiger partial charge on any atom is -0.344 e. The molecule has 0 atom stereocenters. The minimum atomic E-state index is 0. The van der Waals surface area contributed by atoms with E-state index in [0.29, 0.717) is 0 Å². The predicted molar refractivity (Wildman–Crippen MR) is 242 cm³/mol. The summed E-state index contributed by atoms with van der Waals surface area (Å²) < 4.78 is 0. The summed E-state index contributed by atoms with van der Waals surface area (Å²) >= 11 is 0. The molecule has 9 N–H and O–H groups in total. The van der Waals surface area contributed by atoms with Crippen LogP contribution in [0.1, 0.15) is 256 Å². The predicted octanol–water partition coefficient (Wildman–Crippen LogP) is 21.8.